The third kappa shape index (κ3) is 59.5. The molecule has 0 aliphatic carbocycles. The quantitative estimate of drug-likeness (QED) is 0.0131. The summed E-state index contributed by atoms with van der Waals surface area (Å²) >= 11 is 37.9. The molecular weight excluding hydrogens is 1990 g/mol. The van der Waals surface area contributed by atoms with Crippen LogP contribution in [0.15, 0.2) is 97.1 Å². The summed E-state index contributed by atoms with van der Waals surface area (Å²) in [5.74, 6) is 3.85. The van der Waals surface area contributed by atoms with Gasteiger partial charge in [-0.15, -0.1) is 69.6 Å². The highest BCUT2D eigenvalue weighted by molar-refractivity contribution is 9.08. The first-order valence-corrected chi connectivity index (χ1v) is 45.3. The van der Waals surface area contributed by atoms with Gasteiger partial charge in [0.25, 0.3) is 0 Å². The van der Waals surface area contributed by atoms with Crippen LogP contribution in [0, 0.1) is 11.3 Å². The van der Waals surface area contributed by atoms with E-state index in [1.54, 1.807) is 18.2 Å². The van der Waals surface area contributed by atoms with Crippen LogP contribution in [-0.4, -0.2) is 358 Å². The van der Waals surface area contributed by atoms with Gasteiger partial charge in [0, 0.05) is 128 Å². The molecule has 3 heterocycles. The SMILES string of the molecule is C.C.C.CC#N.CC1(C)OB(c2ccc(CBr)cc2)OC1(C)C.CC1(C)OB(c2ccc(C[N+](C)(CCCl)CCCl)cc2)OC1(C)C.CN(CCCl)CCCl.CN(CCO)CCO.CN(CCO)CCO.CN1CCOB(c2ccc(C[N+](C)(CCO)CCO)cc2)OCC1.C[N+](CCCl)(CCCl)Cc1ccc(B(O)O)cc1.O=S(Cl)Cl.[Br-].[Br-].[Br-]. The fourth-order valence-electron chi connectivity index (χ4n) is 10.8. The van der Waals surface area contributed by atoms with Gasteiger partial charge < -0.3 is 153 Å². The van der Waals surface area contributed by atoms with Crippen molar-refractivity contribution in [2.75, 3.05) is 229 Å². The lowest BCUT2D eigenvalue weighted by molar-refractivity contribution is -0.923. The Hall–Kier alpha value is 0.180. The van der Waals surface area contributed by atoms with E-state index in [-0.39, 0.29) is 157 Å². The van der Waals surface area contributed by atoms with E-state index in [1.165, 1.54) is 23.6 Å². The van der Waals surface area contributed by atoms with E-state index in [2.05, 4.69) is 191 Å². The molecule has 4 aromatic carbocycles. The molecule has 700 valence electrons. The molecule has 3 aliphatic rings. The van der Waals surface area contributed by atoms with E-state index in [4.69, 9.17) is 137 Å². The fourth-order valence-corrected chi connectivity index (χ4v) is 13.4. The van der Waals surface area contributed by atoms with Crippen LogP contribution in [0.4, 0.5) is 0 Å². The lowest BCUT2D eigenvalue weighted by atomic mass is 9.78. The summed E-state index contributed by atoms with van der Waals surface area (Å²) in [6.45, 7) is 33.8. The van der Waals surface area contributed by atoms with Crippen molar-refractivity contribution in [1.82, 2.24) is 19.6 Å². The molecule has 3 fully saturated rings. The number of nitriles is 1. The molecular formula is C80H148B4Br4Cl8N8O15S. The molecule has 0 unspecified atom stereocenters. The Kier molecular flexibility index (Phi) is 85.7. The van der Waals surface area contributed by atoms with Crippen LogP contribution in [0.5, 0.6) is 0 Å². The topological polar surface area (TPSA) is 271 Å². The zero-order valence-corrected chi connectivity index (χ0v) is 84.8. The average molecular weight is 2140 g/mol. The minimum atomic E-state index is -1.67. The van der Waals surface area contributed by atoms with Crippen LogP contribution in [-0.2, 0) is 62.1 Å². The summed E-state index contributed by atoms with van der Waals surface area (Å²) in [7, 11) is 19.2. The van der Waals surface area contributed by atoms with Gasteiger partial charge in [-0.1, -0.05) is 135 Å². The van der Waals surface area contributed by atoms with E-state index in [0.29, 0.717) is 97.7 Å². The highest BCUT2D eigenvalue weighted by Gasteiger charge is 2.53. The van der Waals surface area contributed by atoms with Crippen LogP contribution in [0.2, 0.25) is 0 Å². The first kappa shape index (κ1) is 136. The lowest BCUT2D eigenvalue weighted by Gasteiger charge is -2.33. The number of nitrogens with zero attached hydrogens (tertiary/aromatic N) is 8. The van der Waals surface area contributed by atoms with E-state index in [0.717, 1.165) is 108 Å². The number of halogens is 12. The van der Waals surface area contributed by atoms with E-state index in [9.17, 15) is 10.2 Å². The number of likely N-dealkylation sites (N-methyl/N-ethyl adjacent to an activating group) is 4. The Morgan fingerprint density at radius 1 is 0.458 bits per heavy atom. The van der Waals surface area contributed by atoms with Gasteiger partial charge in [-0.3, -0.25) is 0 Å². The maximum absolute atomic E-state index is 9.26. The number of hydrogen-bond donors (Lipinski definition) is 8. The van der Waals surface area contributed by atoms with Gasteiger partial charge in [0.1, 0.15) is 32.7 Å². The van der Waals surface area contributed by atoms with Crippen molar-refractivity contribution in [3.8, 4) is 6.07 Å². The number of aliphatic hydroxyl groups is 6. The third-order valence-electron chi connectivity index (χ3n) is 19.5. The maximum atomic E-state index is 9.26. The molecule has 3 saturated heterocycles. The maximum Gasteiger partial charge on any atom is 0.494 e. The molecule has 0 aromatic heterocycles. The smallest absolute Gasteiger partial charge is 0.494 e. The normalized spacial score (nSPS) is 14.8. The number of rotatable bonds is 35. The van der Waals surface area contributed by atoms with Crippen molar-refractivity contribution in [3.05, 3.63) is 119 Å². The number of aliphatic hydroxyl groups excluding tert-OH is 6. The minimum Gasteiger partial charge on any atom is -1.00 e. The standard InChI is InChI=1S/C18H29BCl2NO2.C17H30BN2O4.C13H18BBrO2.C12H19BCl2NO2.C5H11Cl2N.2C5H13NO2.C2H3N.3CH4.3BrH.Cl2OS/c1-17(2)18(3,4)24-19(23-17)16-8-6-15(7-9-16)14-22(5,12-10-20)13-11-21;1-19-7-13-23-18(24-14-8-19)17-5-3-16(4-6-17)15-20(2,9-11-21)10-12-22;1-12(2)13(3,4)17-14(16-12)11-7-5-10(9-15)6-8-11;1-16(8-6-14,9-7-15)10-11-2-4-12(5-3-11)13(17)18;1-8(4-2-6)5-3-7;2*1-6(2-4-7)3-5-8;1-2-3;;;;;;;1-4(2)3/h6-9H,10-14H2,1-5H3;3-6,21-22H,7-15H2,1-2H3;5-8H,9H2,1-4H3;2-5,17-18H,6-10H2,1H3;2-5H2,1H3;2*7-8H,2-5H2,1H3;1H3;3*1H4;3*1H;/q2*+1;;+1;;;;;;;;;;;/p-3. The molecule has 0 atom stereocenters. The second kappa shape index (κ2) is 75.8. The number of alkyl halides is 7. The Morgan fingerprint density at radius 2 is 0.692 bits per heavy atom. The average Bonchev–Trinajstić information content (AvgIpc) is 1.63. The van der Waals surface area contributed by atoms with Crippen molar-refractivity contribution in [2.24, 2.45) is 0 Å². The fraction of sp³-hybridized carbons (Fsp3) is 0.688. The monoisotopic (exact) mass is 2130 g/mol. The van der Waals surface area contributed by atoms with Gasteiger partial charge in [-0.25, -0.2) is 4.21 Å². The highest BCUT2D eigenvalue weighted by atomic mass is 79.9. The summed E-state index contributed by atoms with van der Waals surface area (Å²) in [4.78, 5) is 8.01. The molecule has 0 amide bonds. The van der Waals surface area contributed by atoms with Crippen LogP contribution in [0.3, 0.4) is 0 Å². The van der Waals surface area contributed by atoms with Gasteiger partial charge in [0.05, 0.1) is 139 Å². The van der Waals surface area contributed by atoms with Crippen LogP contribution in [0.25, 0.3) is 0 Å². The van der Waals surface area contributed by atoms with Gasteiger partial charge in [0.15, 0.2) is 0 Å². The van der Waals surface area contributed by atoms with Crippen molar-refractivity contribution in [1.29, 1.82) is 5.26 Å². The number of quaternary nitrogens is 3. The minimum absolute atomic E-state index is 0. The van der Waals surface area contributed by atoms with E-state index < -0.39 is 16.3 Å². The van der Waals surface area contributed by atoms with Crippen molar-refractivity contribution < 1.29 is 137 Å². The summed E-state index contributed by atoms with van der Waals surface area (Å²) in [6.07, 6.45) is 0. The van der Waals surface area contributed by atoms with Gasteiger partial charge in [-0.2, -0.15) is 5.26 Å². The Morgan fingerprint density at radius 3 is 0.917 bits per heavy atom. The summed E-state index contributed by atoms with van der Waals surface area (Å²) in [5.41, 5.74) is 7.33. The zero-order chi connectivity index (χ0) is 87.2. The molecule has 8 N–H and O–H groups in total. The second-order valence-electron chi connectivity index (χ2n) is 30.5. The van der Waals surface area contributed by atoms with Crippen molar-refractivity contribution >= 4 is 166 Å². The van der Waals surface area contributed by atoms with Gasteiger partial charge >= 0.3 is 28.5 Å². The molecule has 4 aromatic rings. The lowest BCUT2D eigenvalue weighted by Crippen LogP contribution is -3.00. The first-order valence-electron chi connectivity index (χ1n) is 38.2. The molecule has 23 nitrogen and oxygen atoms in total. The van der Waals surface area contributed by atoms with Crippen LogP contribution < -0.4 is 72.8 Å². The van der Waals surface area contributed by atoms with Crippen LogP contribution in [0.1, 0.15) is 107 Å². The summed E-state index contributed by atoms with van der Waals surface area (Å²) in [6, 6.07) is 34.1. The predicted octanol–water partition coefficient (Wildman–Crippen LogP) is 0.0672. The second-order valence-corrected chi connectivity index (χ2v) is 35.8. The van der Waals surface area contributed by atoms with Gasteiger partial charge in [0.2, 0.25) is 9.23 Å². The summed E-state index contributed by atoms with van der Waals surface area (Å²) in [5, 5.41) is 78.1. The molecule has 7 rings (SSSR count). The van der Waals surface area contributed by atoms with E-state index >= 15 is 0 Å². The molecule has 0 bridgehead atoms. The zero-order valence-electron chi connectivity index (χ0n) is 71.6. The van der Waals surface area contributed by atoms with Crippen molar-refractivity contribution in [2.45, 2.75) is 132 Å². The summed E-state index contributed by atoms with van der Waals surface area (Å²) < 4.78 is 47.2. The Balaban J connectivity index is -0.000000206. The molecule has 120 heavy (non-hydrogen) atoms. The molecule has 3 aliphatic heterocycles. The third-order valence-corrected chi connectivity index (χ3v) is 21.2. The first-order chi connectivity index (χ1) is 53.6. The molecule has 0 radical (unpaired) electrons. The van der Waals surface area contributed by atoms with Gasteiger partial charge in [-0.05, 0) is 111 Å². The highest BCUT2D eigenvalue weighted by Crippen LogP contribution is 2.38. The Labute approximate surface area is 807 Å². The number of hydrogen-bond acceptors (Lipinski definition) is 20. The predicted molar refractivity (Wildman–Crippen MR) is 504 cm³/mol. The molecule has 0 spiro atoms. The van der Waals surface area contributed by atoms with Crippen molar-refractivity contribution in [3.63, 3.8) is 0 Å². The van der Waals surface area contributed by atoms with Crippen LogP contribution >= 0.6 is 107 Å². The number of benzene rings is 4. The molecule has 40 heteroatoms. The largest absolute Gasteiger partial charge is 1.00 e. The molecule has 0 saturated carbocycles. The van der Waals surface area contributed by atoms with E-state index in [1.807, 2.05) is 55.2 Å². The Bertz CT molecular complexity index is 3030.